The molecule has 0 bridgehead atoms. The Bertz CT molecular complexity index is 1030. The van der Waals surface area contributed by atoms with Gasteiger partial charge in [-0.3, -0.25) is 4.79 Å². The van der Waals surface area contributed by atoms with E-state index >= 15 is 0 Å². The molecule has 0 aromatic heterocycles. The lowest BCUT2D eigenvalue weighted by Crippen LogP contribution is -2.22. The molecule has 0 atom stereocenters. The maximum absolute atomic E-state index is 12.2. The Kier molecular flexibility index (Phi) is 8.05. The lowest BCUT2D eigenvalue weighted by Gasteiger charge is -2.32. The third-order valence-corrected chi connectivity index (χ3v) is 6.17. The van der Waals surface area contributed by atoms with Crippen LogP contribution in [0, 0.1) is 5.41 Å². The molecule has 1 amide bonds. The van der Waals surface area contributed by atoms with E-state index in [1.807, 2.05) is 30.3 Å². The first-order chi connectivity index (χ1) is 15.3. The minimum atomic E-state index is -0.0502. The number of amides is 1. The smallest absolute Gasteiger partial charge is 0.251 e. The van der Waals surface area contributed by atoms with Crippen LogP contribution in [0.2, 0.25) is 0 Å². The summed E-state index contributed by atoms with van der Waals surface area (Å²) in [7, 11) is 0. The molecule has 3 rings (SSSR count). The number of carbonyl (C=O) groups is 1. The van der Waals surface area contributed by atoms with E-state index in [9.17, 15) is 4.79 Å². The van der Waals surface area contributed by atoms with Crippen molar-refractivity contribution in [2.24, 2.45) is 5.41 Å². The van der Waals surface area contributed by atoms with Crippen molar-refractivity contribution in [1.29, 1.82) is 0 Å². The SMILES string of the molecule is CC1=C(/C=C/C(C)=C/C=C/c2ccc(CNC(=O)c3ccccc3)cc2)C(C)(C)CCC1. The number of rotatable bonds is 7. The zero-order valence-electron chi connectivity index (χ0n) is 19.8. The molecule has 32 heavy (non-hydrogen) atoms. The summed E-state index contributed by atoms with van der Waals surface area (Å²) in [5.74, 6) is -0.0502. The zero-order chi connectivity index (χ0) is 23.0. The molecule has 0 fully saturated rings. The van der Waals surface area contributed by atoms with E-state index in [-0.39, 0.29) is 11.3 Å². The van der Waals surface area contributed by atoms with E-state index in [1.165, 1.54) is 36.0 Å². The maximum Gasteiger partial charge on any atom is 0.251 e. The Morgan fingerprint density at radius 3 is 2.44 bits per heavy atom. The Morgan fingerprint density at radius 2 is 1.75 bits per heavy atom. The predicted molar refractivity (Wildman–Crippen MR) is 136 cm³/mol. The largest absolute Gasteiger partial charge is 0.348 e. The summed E-state index contributed by atoms with van der Waals surface area (Å²) in [6.07, 6.45) is 14.7. The molecule has 2 aromatic carbocycles. The highest BCUT2D eigenvalue weighted by Gasteiger charge is 2.26. The lowest BCUT2D eigenvalue weighted by atomic mass is 9.72. The van der Waals surface area contributed by atoms with Gasteiger partial charge in [0.25, 0.3) is 5.91 Å². The minimum absolute atomic E-state index is 0.0502. The summed E-state index contributed by atoms with van der Waals surface area (Å²) >= 11 is 0. The average molecular weight is 426 g/mol. The van der Waals surface area contributed by atoms with E-state index in [0.717, 1.165) is 11.1 Å². The summed E-state index contributed by atoms with van der Waals surface area (Å²) in [5.41, 5.74) is 7.45. The first-order valence-electron chi connectivity index (χ1n) is 11.5. The summed E-state index contributed by atoms with van der Waals surface area (Å²) in [4.78, 5) is 12.2. The minimum Gasteiger partial charge on any atom is -0.348 e. The fourth-order valence-electron chi connectivity index (χ4n) is 4.21. The molecular weight excluding hydrogens is 390 g/mol. The third-order valence-electron chi connectivity index (χ3n) is 6.17. The van der Waals surface area contributed by atoms with E-state index in [4.69, 9.17) is 0 Å². The molecule has 0 radical (unpaired) electrons. The molecule has 1 aliphatic rings. The standard InChI is InChI=1S/C30H35NO/c1-23(15-20-28-24(2)11-9-21-30(28,3)4)10-8-12-25-16-18-26(19-17-25)22-31-29(32)27-13-6-5-7-14-27/h5-8,10,12-20H,9,11,21-22H2,1-4H3,(H,31,32)/b12-8+,20-15+,23-10+. The van der Waals surface area contributed by atoms with Crippen LogP contribution in [0.15, 0.2) is 95.6 Å². The average Bonchev–Trinajstić information content (AvgIpc) is 2.78. The van der Waals surface area contributed by atoms with Crippen molar-refractivity contribution in [3.8, 4) is 0 Å². The number of allylic oxidation sites excluding steroid dienone is 7. The van der Waals surface area contributed by atoms with Gasteiger partial charge in [-0.1, -0.05) is 97.8 Å². The zero-order valence-corrected chi connectivity index (χ0v) is 19.8. The highest BCUT2D eigenvalue weighted by molar-refractivity contribution is 5.94. The van der Waals surface area contributed by atoms with Gasteiger partial charge in [-0.05, 0) is 67.4 Å². The van der Waals surface area contributed by atoms with Crippen molar-refractivity contribution >= 4 is 12.0 Å². The second kappa shape index (κ2) is 10.9. The van der Waals surface area contributed by atoms with Crippen molar-refractivity contribution in [2.45, 2.75) is 53.5 Å². The van der Waals surface area contributed by atoms with Gasteiger partial charge in [-0.15, -0.1) is 0 Å². The van der Waals surface area contributed by atoms with Crippen molar-refractivity contribution in [2.75, 3.05) is 0 Å². The number of carbonyl (C=O) groups excluding carboxylic acids is 1. The van der Waals surface area contributed by atoms with Gasteiger partial charge in [0.05, 0.1) is 0 Å². The van der Waals surface area contributed by atoms with Crippen LogP contribution < -0.4 is 5.32 Å². The maximum atomic E-state index is 12.2. The number of hydrogen-bond donors (Lipinski definition) is 1. The molecule has 2 heteroatoms. The summed E-state index contributed by atoms with van der Waals surface area (Å²) in [6.45, 7) is 9.64. The van der Waals surface area contributed by atoms with Gasteiger partial charge >= 0.3 is 0 Å². The molecule has 0 saturated heterocycles. The van der Waals surface area contributed by atoms with Gasteiger partial charge < -0.3 is 5.32 Å². The molecule has 0 unspecified atom stereocenters. The van der Waals surface area contributed by atoms with Crippen molar-refractivity contribution in [1.82, 2.24) is 5.32 Å². The summed E-state index contributed by atoms with van der Waals surface area (Å²) in [5, 5.41) is 2.96. The summed E-state index contributed by atoms with van der Waals surface area (Å²) < 4.78 is 0. The first kappa shape index (κ1) is 23.5. The van der Waals surface area contributed by atoms with Gasteiger partial charge in [0.2, 0.25) is 0 Å². The fourth-order valence-corrected chi connectivity index (χ4v) is 4.21. The number of nitrogens with one attached hydrogen (secondary N) is 1. The predicted octanol–water partition coefficient (Wildman–Crippen LogP) is 7.66. The van der Waals surface area contributed by atoms with Gasteiger partial charge in [0.15, 0.2) is 0 Å². The van der Waals surface area contributed by atoms with Crippen LogP contribution in [0.1, 0.15) is 68.4 Å². The molecule has 0 saturated carbocycles. The van der Waals surface area contributed by atoms with Crippen LogP contribution in [0.25, 0.3) is 6.08 Å². The van der Waals surface area contributed by atoms with Crippen molar-refractivity contribution in [3.63, 3.8) is 0 Å². The van der Waals surface area contributed by atoms with Crippen LogP contribution in [0.5, 0.6) is 0 Å². The van der Waals surface area contributed by atoms with Crippen molar-refractivity contribution < 1.29 is 4.79 Å². The van der Waals surface area contributed by atoms with Crippen LogP contribution in [-0.2, 0) is 6.54 Å². The van der Waals surface area contributed by atoms with Gasteiger partial charge in [-0.2, -0.15) is 0 Å². The molecule has 1 N–H and O–H groups in total. The highest BCUT2D eigenvalue weighted by atomic mass is 16.1. The molecular formula is C30H35NO. The van der Waals surface area contributed by atoms with Gasteiger partial charge in [0.1, 0.15) is 0 Å². The van der Waals surface area contributed by atoms with E-state index in [0.29, 0.717) is 12.1 Å². The highest BCUT2D eigenvalue weighted by Crippen LogP contribution is 2.40. The number of hydrogen-bond acceptors (Lipinski definition) is 1. The molecule has 0 heterocycles. The normalized spacial score (nSPS) is 16.7. The van der Waals surface area contributed by atoms with Crippen LogP contribution in [0.4, 0.5) is 0 Å². The van der Waals surface area contributed by atoms with Crippen molar-refractivity contribution in [3.05, 3.63) is 112 Å². The molecule has 0 spiro atoms. The van der Waals surface area contributed by atoms with Crippen LogP contribution >= 0.6 is 0 Å². The third kappa shape index (κ3) is 6.68. The molecule has 0 aliphatic heterocycles. The number of benzene rings is 2. The van der Waals surface area contributed by atoms with Crippen LogP contribution in [-0.4, -0.2) is 5.91 Å². The molecule has 1 aliphatic carbocycles. The van der Waals surface area contributed by atoms with E-state index in [1.54, 1.807) is 0 Å². The van der Waals surface area contributed by atoms with E-state index < -0.39 is 0 Å². The van der Waals surface area contributed by atoms with Gasteiger partial charge in [-0.25, -0.2) is 0 Å². The molecule has 2 nitrogen and oxygen atoms in total. The Labute approximate surface area is 193 Å². The lowest BCUT2D eigenvalue weighted by molar-refractivity contribution is 0.0951. The topological polar surface area (TPSA) is 29.1 Å². The van der Waals surface area contributed by atoms with E-state index in [2.05, 4.69) is 87.7 Å². The molecule has 166 valence electrons. The fraction of sp³-hybridized carbons (Fsp3) is 0.300. The Morgan fingerprint density at radius 1 is 1.03 bits per heavy atom. The second-order valence-electron chi connectivity index (χ2n) is 9.32. The monoisotopic (exact) mass is 425 g/mol. The molecule has 2 aromatic rings. The summed E-state index contributed by atoms with van der Waals surface area (Å²) in [6, 6.07) is 17.6. The van der Waals surface area contributed by atoms with Crippen LogP contribution in [0.3, 0.4) is 0 Å². The Hall–Kier alpha value is -3.13. The van der Waals surface area contributed by atoms with Gasteiger partial charge in [0, 0.05) is 12.1 Å². The first-order valence-corrected chi connectivity index (χ1v) is 11.5. The second-order valence-corrected chi connectivity index (χ2v) is 9.32. The Balaban J connectivity index is 1.54. The quantitative estimate of drug-likeness (QED) is 0.453.